The summed E-state index contributed by atoms with van der Waals surface area (Å²) in [5.74, 6) is 2.30. The molecule has 4 heteroatoms. The van der Waals surface area contributed by atoms with Gasteiger partial charge in [0.1, 0.15) is 5.76 Å². The van der Waals surface area contributed by atoms with Crippen molar-refractivity contribution in [3.8, 4) is 0 Å². The SMILES string of the molecule is N[C@H]1CC[C@H](c2cc(C3(CN[C@@H]4C[C@H]4c4ccccc4)CC3)no2)CC1. The van der Waals surface area contributed by atoms with Crippen molar-refractivity contribution >= 4 is 0 Å². The quantitative estimate of drug-likeness (QED) is 0.830. The molecule has 0 bridgehead atoms. The van der Waals surface area contributed by atoms with Gasteiger partial charge in [0, 0.05) is 41.9 Å². The van der Waals surface area contributed by atoms with Crippen molar-refractivity contribution in [2.75, 3.05) is 6.54 Å². The van der Waals surface area contributed by atoms with Gasteiger partial charge in [-0.3, -0.25) is 0 Å². The minimum absolute atomic E-state index is 0.219. The Bertz CT molecular complexity index is 744. The van der Waals surface area contributed by atoms with E-state index in [1.165, 1.54) is 30.5 Å². The summed E-state index contributed by atoms with van der Waals surface area (Å²) in [5, 5.41) is 8.28. The molecule has 0 spiro atoms. The van der Waals surface area contributed by atoms with Crippen molar-refractivity contribution in [2.24, 2.45) is 5.73 Å². The minimum Gasteiger partial charge on any atom is -0.361 e. The van der Waals surface area contributed by atoms with E-state index >= 15 is 0 Å². The molecule has 26 heavy (non-hydrogen) atoms. The van der Waals surface area contributed by atoms with Gasteiger partial charge in [0.25, 0.3) is 0 Å². The molecule has 2 atom stereocenters. The lowest BCUT2D eigenvalue weighted by Crippen LogP contribution is -2.29. The number of rotatable bonds is 6. The Morgan fingerprint density at radius 1 is 1.12 bits per heavy atom. The highest BCUT2D eigenvalue weighted by Crippen LogP contribution is 2.49. The van der Waals surface area contributed by atoms with Gasteiger partial charge in [-0.1, -0.05) is 35.5 Å². The molecule has 0 saturated heterocycles. The number of hydrogen-bond donors (Lipinski definition) is 2. The molecule has 1 aromatic heterocycles. The average molecular weight is 351 g/mol. The number of nitrogens with one attached hydrogen (secondary N) is 1. The van der Waals surface area contributed by atoms with Gasteiger partial charge in [-0.25, -0.2) is 0 Å². The molecule has 5 rings (SSSR count). The molecule has 3 aliphatic carbocycles. The standard InChI is InChI=1S/C22H29N3O/c23-17-8-6-16(7-9-17)20-13-21(25-26-20)22(10-11-22)14-24-19-12-18(19)15-4-2-1-3-5-15/h1-5,13,16-19,24H,6-12,14,23H2/t16-,17-,18-,19+/m0/s1. The fourth-order valence-corrected chi connectivity index (χ4v) is 4.63. The van der Waals surface area contributed by atoms with Crippen LogP contribution >= 0.6 is 0 Å². The third-order valence-corrected chi connectivity index (χ3v) is 6.82. The third kappa shape index (κ3) is 3.21. The first kappa shape index (κ1) is 16.5. The summed E-state index contributed by atoms with van der Waals surface area (Å²) in [4.78, 5) is 0. The molecule has 0 amide bonds. The highest BCUT2D eigenvalue weighted by molar-refractivity contribution is 5.30. The monoisotopic (exact) mass is 351 g/mol. The van der Waals surface area contributed by atoms with E-state index in [4.69, 9.17) is 10.3 Å². The van der Waals surface area contributed by atoms with Crippen LogP contribution in [0.1, 0.15) is 73.8 Å². The Balaban J connectivity index is 1.18. The zero-order chi connectivity index (χ0) is 17.6. The smallest absolute Gasteiger partial charge is 0.140 e. The van der Waals surface area contributed by atoms with E-state index in [1.54, 1.807) is 0 Å². The predicted octanol–water partition coefficient (Wildman–Crippen LogP) is 3.84. The number of nitrogens with zero attached hydrogens (tertiary/aromatic N) is 1. The van der Waals surface area contributed by atoms with E-state index in [1.807, 2.05) is 0 Å². The van der Waals surface area contributed by atoms with Gasteiger partial charge in [0.15, 0.2) is 0 Å². The van der Waals surface area contributed by atoms with Crippen LogP contribution in [0, 0.1) is 0 Å². The van der Waals surface area contributed by atoms with E-state index in [0.29, 0.717) is 23.9 Å². The lowest BCUT2D eigenvalue weighted by Gasteiger charge is -2.23. The second kappa shape index (κ2) is 6.50. The molecule has 138 valence electrons. The van der Waals surface area contributed by atoms with Crippen LogP contribution in [0.15, 0.2) is 40.9 Å². The van der Waals surface area contributed by atoms with Crippen molar-refractivity contribution < 1.29 is 4.52 Å². The molecular weight excluding hydrogens is 322 g/mol. The molecule has 3 saturated carbocycles. The molecule has 3 aliphatic rings. The highest BCUT2D eigenvalue weighted by Gasteiger charge is 2.49. The average Bonchev–Trinajstić information content (AvgIpc) is 3.59. The Labute approximate surface area is 155 Å². The van der Waals surface area contributed by atoms with Gasteiger partial charge < -0.3 is 15.6 Å². The van der Waals surface area contributed by atoms with Gasteiger partial charge in [-0.05, 0) is 50.5 Å². The Morgan fingerprint density at radius 2 is 1.88 bits per heavy atom. The summed E-state index contributed by atoms with van der Waals surface area (Å²) in [6, 6.07) is 14.1. The van der Waals surface area contributed by atoms with Crippen LogP contribution in [-0.4, -0.2) is 23.8 Å². The lowest BCUT2D eigenvalue weighted by molar-refractivity contribution is 0.304. The molecule has 1 aromatic carbocycles. The fraction of sp³-hybridized carbons (Fsp3) is 0.591. The number of hydrogen-bond acceptors (Lipinski definition) is 4. The van der Waals surface area contributed by atoms with Crippen LogP contribution in [0.4, 0.5) is 0 Å². The summed E-state index contributed by atoms with van der Waals surface area (Å²) in [6.07, 6.45) is 8.20. The third-order valence-electron chi connectivity index (χ3n) is 6.82. The van der Waals surface area contributed by atoms with Gasteiger partial charge in [-0.15, -0.1) is 0 Å². The van der Waals surface area contributed by atoms with Crippen molar-refractivity contribution in [1.29, 1.82) is 0 Å². The highest BCUT2D eigenvalue weighted by atomic mass is 16.5. The zero-order valence-electron chi connectivity index (χ0n) is 15.4. The number of nitrogens with two attached hydrogens (primary N) is 1. The Morgan fingerprint density at radius 3 is 2.62 bits per heavy atom. The number of aromatic nitrogens is 1. The molecule has 3 fully saturated rings. The summed E-state index contributed by atoms with van der Waals surface area (Å²) in [7, 11) is 0. The van der Waals surface area contributed by atoms with Crippen molar-refractivity contribution in [1.82, 2.24) is 10.5 Å². The van der Waals surface area contributed by atoms with Crippen molar-refractivity contribution in [3.63, 3.8) is 0 Å². The molecule has 3 N–H and O–H groups in total. The van der Waals surface area contributed by atoms with Crippen molar-refractivity contribution in [3.05, 3.63) is 53.4 Å². The molecule has 0 radical (unpaired) electrons. The van der Waals surface area contributed by atoms with Crippen LogP contribution in [-0.2, 0) is 5.41 Å². The maximum atomic E-state index is 6.03. The first-order chi connectivity index (χ1) is 12.7. The first-order valence-corrected chi connectivity index (χ1v) is 10.2. The van der Waals surface area contributed by atoms with Crippen LogP contribution in [0.25, 0.3) is 0 Å². The summed E-state index contributed by atoms with van der Waals surface area (Å²) in [5.41, 5.74) is 8.89. The van der Waals surface area contributed by atoms with Crippen LogP contribution < -0.4 is 11.1 Å². The second-order valence-electron chi connectivity index (χ2n) is 8.75. The summed E-state index contributed by atoms with van der Waals surface area (Å²) in [6.45, 7) is 1.03. The van der Waals surface area contributed by atoms with Gasteiger partial charge in [-0.2, -0.15) is 0 Å². The molecule has 0 aliphatic heterocycles. The van der Waals surface area contributed by atoms with Crippen LogP contribution in [0.5, 0.6) is 0 Å². The van der Waals surface area contributed by atoms with E-state index < -0.39 is 0 Å². The maximum Gasteiger partial charge on any atom is 0.140 e. The molecule has 2 aromatic rings. The molecule has 0 unspecified atom stereocenters. The topological polar surface area (TPSA) is 64.1 Å². The molecule has 4 nitrogen and oxygen atoms in total. The summed E-state index contributed by atoms with van der Waals surface area (Å²) >= 11 is 0. The van der Waals surface area contributed by atoms with E-state index in [9.17, 15) is 0 Å². The fourth-order valence-electron chi connectivity index (χ4n) is 4.63. The van der Waals surface area contributed by atoms with Gasteiger partial charge >= 0.3 is 0 Å². The van der Waals surface area contributed by atoms with Gasteiger partial charge in [0.2, 0.25) is 0 Å². The van der Waals surface area contributed by atoms with E-state index in [0.717, 1.165) is 38.0 Å². The molecule has 1 heterocycles. The largest absolute Gasteiger partial charge is 0.361 e. The lowest BCUT2D eigenvalue weighted by atomic mass is 9.84. The Hall–Kier alpha value is -1.65. The van der Waals surface area contributed by atoms with Crippen molar-refractivity contribution in [2.45, 2.75) is 74.3 Å². The van der Waals surface area contributed by atoms with E-state index in [2.05, 4.69) is 46.9 Å². The minimum atomic E-state index is 0.219. The zero-order valence-corrected chi connectivity index (χ0v) is 15.4. The first-order valence-electron chi connectivity index (χ1n) is 10.2. The second-order valence-corrected chi connectivity index (χ2v) is 8.75. The maximum absolute atomic E-state index is 6.03. The van der Waals surface area contributed by atoms with Crippen LogP contribution in [0.2, 0.25) is 0 Å². The van der Waals surface area contributed by atoms with E-state index in [-0.39, 0.29) is 5.41 Å². The van der Waals surface area contributed by atoms with Crippen LogP contribution in [0.3, 0.4) is 0 Å². The Kier molecular flexibility index (Phi) is 4.13. The number of benzene rings is 1. The predicted molar refractivity (Wildman–Crippen MR) is 102 cm³/mol. The normalized spacial score (nSPS) is 32.3. The molecular formula is C22H29N3O. The van der Waals surface area contributed by atoms with Gasteiger partial charge in [0.05, 0.1) is 5.69 Å². The summed E-state index contributed by atoms with van der Waals surface area (Å²) < 4.78 is 5.76.